The molecule has 206 valence electrons. The quantitative estimate of drug-likeness (QED) is 0.252. The first-order valence-electron chi connectivity index (χ1n) is 12.8. The molecule has 0 radical (unpaired) electrons. The molecule has 1 atom stereocenters. The summed E-state index contributed by atoms with van der Waals surface area (Å²) in [6, 6.07) is 16.4. The first-order valence-corrected chi connectivity index (χ1v) is 14.4. The lowest BCUT2D eigenvalue weighted by atomic mass is 9.79. The van der Waals surface area contributed by atoms with Crippen LogP contribution >= 0.6 is 39.1 Å². The third kappa shape index (κ3) is 5.14. The van der Waals surface area contributed by atoms with Crippen molar-refractivity contribution < 1.29 is 23.8 Å². The largest absolute Gasteiger partial charge is 0.490 e. The molecule has 2 aliphatic rings. The van der Waals surface area contributed by atoms with Gasteiger partial charge in [-0.25, -0.2) is 4.79 Å². The van der Waals surface area contributed by atoms with E-state index in [-0.39, 0.29) is 19.0 Å². The topological polar surface area (TPSA) is 73.9 Å². The molecule has 0 unspecified atom stereocenters. The van der Waals surface area contributed by atoms with Gasteiger partial charge in [0, 0.05) is 28.3 Å². The molecule has 0 amide bonds. The fraction of sp³-hybridized carbons (Fsp3) is 0.226. The lowest BCUT2D eigenvalue weighted by molar-refractivity contribution is -0.138. The molecule has 9 heteroatoms. The van der Waals surface area contributed by atoms with E-state index in [4.69, 9.17) is 37.4 Å². The maximum atomic E-state index is 13.8. The molecule has 5 rings (SSSR count). The average molecular weight is 643 g/mol. The van der Waals surface area contributed by atoms with Crippen LogP contribution in [0.3, 0.4) is 0 Å². The summed E-state index contributed by atoms with van der Waals surface area (Å²) in [5.74, 6) is -0.348. The lowest BCUT2D eigenvalue weighted by Gasteiger charge is -2.30. The predicted molar refractivity (Wildman–Crippen MR) is 159 cm³/mol. The second-order valence-corrected chi connectivity index (χ2v) is 10.9. The van der Waals surface area contributed by atoms with Gasteiger partial charge in [-0.2, -0.15) is 0 Å². The van der Waals surface area contributed by atoms with Crippen LogP contribution in [-0.2, 0) is 16.1 Å². The van der Waals surface area contributed by atoms with Crippen LogP contribution in [0.5, 0.6) is 11.5 Å². The molecule has 1 aliphatic heterocycles. The van der Waals surface area contributed by atoms with Crippen molar-refractivity contribution in [3.8, 4) is 11.5 Å². The molecular formula is C31H26BrCl2NO5. The van der Waals surface area contributed by atoms with Gasteiger partial charge in [0.15, 0.2) is 17.3 Å². The van der Waals surface area contributed by atoms with Gasteiger partial charge in [-0.3, -0.25) is 4.79 Å². The summed E-state index contributed by atoms with van der Waals surface area (Å²) in [6.45, 7) is 6.25. The number of nitrogens with one attached hydrogen (secondary N) is 1. The second-order valence-electron chi connectivity index (χ2n) is 9.28. The molecule has 3 aromatic carbocycles. The van der Waals surface area contributed by atoms with Gasteiger partial charge in [0.25, 0.3) is 0 Å². The van der Waals surface area contributed by atoms with Gasteiger partial charge in [0.05, 0.1) is 39.0 Å². The molecule has 6 nitrogen and oxygen atoms in total. The van der Waals surface area contributed by atoms with E-state index in [1.165, 1.54) is 0 Å². The molecule has 1 aliphatic carbocycles. The Bertz CT molecular complexity index is 1600. The summed E-state index contributed by atoms with van der Waals surface area (Å²) in [6.07, 6.45) is 0. The number of benzene rings is 3. The van der Waals surface area contributed by atoms with Crippen molar-refractivity contribution in [1.29, 1.82) is 0 Å². The van der Waals surface area contributed by atoms with Crippen LogP contribution in [0.2, 0.25) is 10.0 Å². The number of carbonyl (C=O) groups is 2. The highest BCUT2D eigenvalue weighted by Gasteiger charge is 2.43. The molecular weight excluding hydrogens is 617 g/mol. The standard InChI is InChI=1S/C31H26BrCl2NO5/c1-4-38-24-14-18(13-21(32)30(24)40-15-17-10-11-22(33)23(34)12-17)26-25(31(37)39-5-2)16(3)35-28-19-8-6-7-9-20(19)29(36)27(26)28/h6-14,26,35H,4-5,15H2,1-3H3/t26-/m0/s1. The van der Waals surface area contributed by atoms with E-state index >= 15 is 0 Å². The summed E-state index contributed by atoms with van der Waals surface area (Å²) < 4.78 is 18.2. The van der Waals surface area contributed by atoms with E-state index in [2.05, 4.69) is 21.2 Å². The number of Topliss-reactive ketones (excluding diaryl/α,β-unsaturated/α-hetero) is 1. The van der Waals surface area contributed by atoms with Gasteiger partial charge >= 0.3 is 5.97 Å². The van der Waals surface area contributed by atoms with Crippen LogP contribution in [0, 0.1) is 0 Å². The van der Waals surface area contributed by atoms with Crippen molar-refractivity contribution in [2.24, 2.45) is 0 Å². The number of rotatable bonds is 8. The Balaban J connectivity index is 1.61. The number of hydrogen-bond acceptors (Lipinski definition) is 6. The number of esters is 1. The van der Waals surface area contributed by atoms with Crippen LogP contribution in [0.15, 0.2) is 75.9 Å². The highest BCUT2D eigenvalue weighted by atomic mass is 79.9. The van der Waals surface area contributed by atoms with Gasteiger partial charge < -0.3 is 19.5 Å². The van der Waals surface area contributed by atoms with E-state index in [0.29, 0.717) is 66.3 Å². The average Bonchev–Trinajstić information content (AvgIpc) is 3.20. The minimum absolute atomic E-state index is 0.133. The SMILES string of the molecule is CCOC(=O)C1=C(C)NC2=C(C(=O)c3ccccc32)[C@H]1c1cc(Br)c(OCc2ccc(Cl)c(Cl)c2)c(OCC)c1. The summed E-state index contributed by atoms with van der Waals surface area (Å²) >= 11 is 15.9. The van der Waals surface area contributed by atoms with Crippen LogP contribution in [0.25, 0.3) is 5.70 Å². The van der Waals surface area contributed by atoms with Crippen molar-refractivity contribution in [3.05, 3.63) is 108 Å². The zero-order valence-corrected chi connectivity index (χ0v) is 25.2. The van der Waals surface area contributed by atoms with Crippen molar-refractivity contribution in [2.45, 2.75) is 33.3 Å². The van der Waals surface area contributed by atoms with Crippen LogP contribution < -0.4 is 14.8 Å². The Hall–Kier alpha value is -3.26. The second kappa shape index (κ2) is 11.7. The number of allylic oxidation sites excluding steroid dienone is 2. The van der Waals surface area contributed by atoms with Crippen molar-refractivity contribution in [1.82, 2.24) is 5.32 Å². The molecule has 1 heterocycles. The highest BCUT2D eigenvalue weighted by molar-refractivity contribution is 9.10. The Morgan fingerprint density at radius 3 is 2.42 bits per heavy atom. The summed E-state index contributed by atoms with van der Waals surface area (Å²) in [5, 5.41) is 4.22. The van der Waals surface area contributed by atoms with Crippen LogP contribution in [0.4, 0.5) is 0 Å². The molecule has 0 bridgehead atoms. The van der Waals surface area contributed by atoms with E-state index in [9.17, 15) is 9.59 Å². The van der Waals surface area contributed by atoms with E-state index in [1.807, 2.05) is 50.2 Å². The van der Waals surface area contributed by atoms with Gasteiger partial charge in [0.2, 0.25) is 0 Å². The zero-order chi connectivity index (χ0) is 28.6. The molecule has 0 spiro atoms. The molecule has 3 aromatic rings. The Kier molecular flexibility index (Phi) is 8.26. The molecule has 40 heavy (non-hydrogen) atoms. The minimum atomic E-state index is -0.685. The lowest BCUT2D eigenvalue weighted by Crippen LogP contribution is -2.29. The Morgan fingerprint density at radius 2 is 1.73 bits per heavy atom. The fourth-order valence-electron chi connectivity index (χ4n) is 5.08. The number of ether oxygens (including phenoxy) is 3. The maximum Gasteiger partial charge on any atom is 0.336 e. The van der Waals surface area contributed by atoms with Gasteiger partial charge in [-0.1, -0.05) is 53.5 Å². The van der Waals surface area contributed by atoms with Gasteiger partial charge in [0.1, 0.15) is 6.61 Å². The first kappa shape index (κ1) is 28.3. The minimum Gasteiger partial charge on any atom is -0.490 e. The number of ketones is 1. The Morgan fingerprint density at radius 1 is 0.975 bits per heavy atom. The summed E-state index contributed by atoms with van der Waals surface area (Å²) in [7, 11) is 0. The van der Waals surface area contributed by atoms with E-state index in [1.54, 1.807) is 25.1 Å². The van der Waals surface area contributed by atoms with Crippen LogP contribution in [0.1, 0.15) is 53.7 Å². The molecule has 0 saturated heterocycles. The van der Waals surface area contributed by atoms with Crippen molar-refractivity contribution in [2.75, 3.05) is 13.2 Å². The summed E-state index contributed by atoms with van der Waals surface area (Å²) in [4.78, 5) is 27.1. The predicted octanol–water partition coefficient (Wildman–Crippen LogP) is 7.87. The third-order valence-electron chi connectivity index (χ3n) is 6.78. The highest BCUT2D eigenvalue weighted by Crippen LogP contribution is 2.49. The number of carbonyl (C=O) groups excluding carboxylic acids is 2. The molecule has 0 fully saturated rings. The first-order chi connectivity index (χ1) is 19.2. The zero-order valence-electron chi connectivity index (χ0n) is 22.1. The van der Waals surface area contributed by atoms with Crippen LogP contribution in [-0.4, -0.2) is 25.0 Å². The fourth-order valence-corrected chi connectivity index (χ4v) is 5.98. The molecule has 1 N–H and O–H groups in total. The van der Waals surface area contributed by atoms with Gasteiger partial charge in [-0.05, 0) is 72.1 Å². The molecule has 0 saturated carbocycles. The van der Waals surface area contributed by atoms with Crippen molar-refractivity contribution >= 4 is 56.6 Å². The smallest absolute Gasteiger partial charge is 0.336 e. The van der Waals surface area contributed by atoms with E-state index in [0.717, 1.165) is 11.1 Å². The third-order valence-corrected chi connectivity index (χ3v) is 8.10. The molecule has 0 aromatic heterocycles. The number of halogens is 3. The van der Waals surface area contributed by atoms with E-state index < -0.39 is 11.9 Å². The number of fused-ring (bicyclic) bond motifs is 2. The van der Waals surface area contributed by atoms with Gasteiger partial charge in [-0.15, -0.1) is 0 Å². The number of hydrogen-bond donors (Lipinski definition) is 1. The maximum absolute atomic E-state index is 13.8. The summed E-state index contributed by atoms with van der Waals surface area (Å²) in [5.41, 5.74) is 5.11. The normalized spacial score (nSPS) is 15.9. The number of dihydropyridines is 1. The monoisotopic (exact) mass is 641 g/mol. The Labute approximate surface area is 251 Å². The van der Waals surface area contributed by atoms with Crippen molar-refractivity contribution in [3.63, 3.8) is 0 Å².